The number of hydrogen-bond acceptors (Lipinski definition) is 3. The van der Waals surface area contributed by atoms with Gasteiger partial charge in [0.1, 0.15) is 22.9 Å². The average molecular weight is 292 g/mol. The van der Waals surface area contributed by atoms with Crippen LogP contribution in [0.25, 0.3) is 0 Å². The van der Waals surface area contributed by atoms with E-state index in [1.165, 1.54) is 13.2 Å². The molecular formula is C15H14F2N2O2. The molecule has 0 radical (unpaired) electrons. The number of halogens is 2. The Kier molecular flexibility index (Phi) is 4.37. The number of amides is 1. The lowest BCUT2D eigenvalue weighted by Crippen LogP contribution is -2.25. The Hall–Kier alpha value is -2.63. The van der Waals surface area contributed by atoms with Crippen LogP contribution in [0.3, 0.4) is 0 Å². The van der Waals surface area contributed by atoms with Crippen molar-refractivity contribution >= 4 is 11.6 Å². The van der Waals surface area contributed by atoms with Crippen molar-refractivity contribution in [2.24, 2.45) is 0 Å². The van der Waals surface area contributed by atoms with Gasteiger partial charge in [-0.15, -0.1) is 0 Å². The summed E-state index contributed by atoms with van der Waals surface area (Å²) < 4.78 is 31.9. The van der Waals surface area contributed by atoms with Crippen molar-refractivity contribution in [1.82, 2.24) is 5.32 Å². The van der Waals surface area contributed by atoms with Gasteiger partial charge in [0.2, 0.25) is 0 Å². The highest BCUT2D eigenvalue weighted by atomic mass is 19.1. The minimum Gasteiger partial charge on any atom is -0.495 e. The standard InChI is InChI=1S/C15H14F2N2O2/c1-21-13-6-5-9(7-12(13)18)8-19-15(20)14-10(16)3-2-4-11(14)17/h2-7H,8,18H2,1H3,(H,19,20). The summed E-state index contributed by atoms with van der Waals surface area (Å²) in [4.78, 5) is 11.8. The molecule has 21 heavy (non-hydrogen) atoms. The molecule has 0 spiro atoms. The molecule has 0 atom stereocenters. The monoisotopic (exact) mass is 292 g/mol. The first-order chi connectivity index (χ1) is 10.0. The molecule has 2 aromatic carbocycles. The molecule has 0 bridgehead atoms. The summed E-state index contributed by atoms with van der Waals surface area (Å²) in [5.74, 6) is -2.10. The molecular weight excluding hydrogens is 278 g/mol. The second kappa shape index (κ2) is 6.21. The summed E-state index contributed by atoms with van der Waals surface area (Å²) in [7, 11) is 1.49. The number of nitrogen functional groups attached to an aromatic ring is 1. The summed E-state index contributed by atoms with van der Waals surface area (Å²) in [6.07, 6.45) is 0. The number of carbonyl (C=O) groups is 1. The molecule has 6 heteroatoms. The molecule has 0 heterocycles. The van der Waals surface area contributed by atoms with E-state index in [-0.39, 0.29) is 6.54 Å². The Balaban J connectivity index is 2.09. The lowest BCUT2D eigenvalue weighted by Gasteiger charge is -2.09. The molecule has 0 aliphatic carbocycles. The predicted molar refractivity (Wildman–Crippen MR) is 74.9 cm³/mol. The molecule has 4 nitrogen and oxygen atoms in total. The first kappa shape index (κ1) is 14.8. The van der Waals surface area contributed by atoms with Crippen LogP contribution >= 0.6 is 0 Å². The smallest absolute Gasteiger partial charge is 0.257 e. The minimum atomic E-state index is -0.901. The fourth-order valence-electron chi connectivity index (χ4n) is 1.88. The largest absolute Gasteiger partial charge is 0.495 e. The zero-order valence-electron chi connectivity index (χ0n) is 11.3. The molecule has 2 aromatic rings. The van der Waals surface area contributed by atoms with Crippen LogP contribution in [0.1, 0.15) is 15.9 Å². The van der Waals surface area contributed by atoms with Crippen LogP contribution in [0, 0.1) is 11.6 Å². The highest BCUT2D eigenvalue weighted by molar-refractivity contribution is 5.94. The van der Waals surface area contributed by atoms with Gasteiger partial charge in [0.25, 0.3) is 5.91 Å². The fourth-order valence-corrected chi connectivity index (χ4v) is 1.88. The Morgan fingerprint density at radius 3 is 2.48 bits per heavy atom. The van der Waals surface area contributed by atoms with Crippen LogP contribution in [0.15, 0.2) is 36.4 Å². The molecule has 3 N–H and O–H groups in total. The third-order valence-corrected chi connectivity index (χ3v) is 2.94. The van der Waals surface area contributed by atoms with Crippen molar-refractivity contribution in [1.29, 1.82) is 0 Å². The van der Waals surface area contributed by atoms with Gasteiger partial charge in [0, 0.05) is 6.54 Å². The Labute approximate surface area is 120 Å². The van der Waals surface area contributed by atoms with Crippen molar-refractivity contribution in [2.75, 3.05) is 12.8 Å². The molecule has 0 fully saturated rings. The zero-order valence-corrected chi connectivity index (χ0v) is 11.3. The maximum atomic E-state index is 13.5. The quantitative estimate of drug-likeness (QED) is 0.851. The Morgan fingerprint density at radius 1 is 1.24 bits per heavy atom. The van der Waals surface area contributed by atoms with E-state index < -0.39 is 23.1 Å². The predicted octanol–water partition coefficient (Wildman–Crippen LogP) is 2.49. The maximum absolute atomic E-state index is 13.5. The van der Waals surface area contributed by atoms with Crippen molar-refractivity contribution < 1.29 is 18.3 Å². The number of nitrogens with two attached hydrogens (primary N) is 1. The number of carbonyl (C=O) groups excluding carboxylic acids is 1. The van der Waals surface area contributed by atoms with E-state index in [1.54, 1.807) is 18.2 Å². The van der Waals surface area contributed by atoms with E-state index in [0.29, 0.717) is 17.0 Å². The van der Waals surface area contributed by atoms with Crippen LogP contribution in [-0.4, -0.2) is 13.0 Å². The number of methoxy groups -OCH3 is 1. The number of hydrogen-bond donors (Lipinski definition) is 2. The van der Waals surface area contributed by atoms with Gasteiger partial charge in [0.15, 0.2) is 0 Å². The summed E-state index contributed by atoms with van der Waals surface area (Å²) >= 11 is 0. The van der Waals surface area contributed by atoms with Crippen LogP contribution in [0.4, 0.5) is 14.5 Å². The topological polar surface area (TPSA) is 64.3 Å². The molecule has 0 aliphatic rings. The number of anilines is 1. The van der Waals surface area contributed by atoms with Gasteiger partial charge in [-0.2, -0.15) is 0 Å². The van der Waals surface area contributed by atoms with E-state index in [2.05, 4.69) is 5.32 Å². The third kappa shape index (κ3) is 3.28. The highest BCUT2D eigenvalue weighted by Gasteiger charge is 2.16. The third-order valence-electron chi connectivity index (χ3n) is 2.94. The molecule has 0 saturated heterocycles. The number of benzene rings is 2. The average Bonchev–Trinajstić information content (AvgIpc) is 2.45. The zero-order chi connectivity index (χ0) is 15.4. The van der Waals surface area contributed by atoms with E-state index in [9.17, 15) is 13.6 Å². The lowest BCUT2D eigenvalue weighted by atomic mass is 10.1. The van der Waals surface area contributed by atoms with Gasteiger partial charge in [-0.3, -0.25) is 4.79 Å². The SMILES string of the molecule is COc1ccc(CNC(=O)c2c(F)cccc2F)cc1N. The normalized spacial score (nSPS) is 10.2. The van der Waals surface area contributed by atoms with Gasteiger partial charge in [-0.25, -0.2) is 8.78 Å². The highest BCUT2D eigenvalue weighted by Crippen LogP contribution is 2.21. The molecule has 2 rings (SSSR count). The van der Waals surface area contributed by atoms with Gasteiger partial charge in [-0.1, -0.05) is 12.1 Å². The van der Waals surface area contributed by atoms with Crippen LogP contribution in [0.5, 0.6) is 5.75 Å². The van der Waals surface area contributed by atoms with Gasteiger partial charge < -0.3 is 15.8 Å². The van der Waals surface area contributed by atoms with E-state index in [0.717, 1.165) is 12.1 Å². The second-order valence-electron chi connectivity index (χ2n) is 4.36. The molecule has 1 amide bonds. The van der Waals surface area contributed by atoms with Crippen LogP contribution < -0.4 is 15.8 Å². The minimum absolute atomic E-state index is 0.0980. The molecule has 0 unspecified atom stereocenters. The summed E-state index contributed by atoms with van der Waals surface area (Å²) in [5, 5.41) is 2.45. The first-order valence-electron chi connectivity index (χ1n) is 6.17. The first-order valence-corrected chi connectivity index (χ1v) is 6.17. The second-order valence-corrected chi connectivity index (χ2v) is 4.36. The van der Waals surface area contributed by atoms with E-state index in [1.807, 2.05) is 0 Å². The van der Waals surface area contributed by atoms with Gasteiger partial charge >= 0.3 is 0 Å². The van der Waals surface area contributed by atoms with Gasteiger partial charge in [0.05, 0.1) is 12.8 Å². The maximum Gasteiger partial charge on any atom is 0.257 e. The van der Waals surface area contributed by atoms with Crippen LogP contribution in [-0.2, 0) is 6.54 Å². The van der Waals surface area contributed by atoms with Crippen molar-refractivity contribution in [3.63, 3.8) is 0 Å². The van der Waals surface area contributed by atoms with E-state index in [4.69, 9.17) is 10.5 Å². The van der Waals surface area contributed by atoms with Crippen molar-refractivity contribution in [3.05, 3.63) is 59.2 Å². The summed E-state index contributed by atoms with van der Waals surface area (Å²) in [5.41, 5.74) is 6.25. The fraction of sp³-hybridized carbons (Fsp3) is 0.133. The van der Waals surface area contributed by atoms with Crippen molar-refractivity contribution in [2.45, 2.75) is 6.54 Å². The Morgan fingerprint density at radius 2 is 1.90 bits per heavy atom. The molecule has 110 valence electrons. The lowest BCUT2D eigenvalue weighted by molar-refractivity contribution is 0.0942. The summed E-state index contributed by atoms with van der Waals surface area (Å²) in [6, 6.07) is 8.24. The molecule has 0 aliphatic heterocycles. The summed E-state index contributed by atoms with van der Waals surface area (Å²) in [6.45, 7) is 0.0980. The van der Waals surface area contributed by atoms with Crippen molar-refractivity contribution in [3.8, 4) is 5.75 Å². The van der Waals surface area contributed by atoms with E-state index >= 15 is 0 Å². The van der Waals surface area contributed by atoms with Gasteiger partial charge in [-0.05, 0) is 29.8 Å². The van der Waals surface area contributed by atoms with Crippen LogP contribution in [0.2, 0.25) is 0 Å². The number of ether oxygens (including phenoxy) is 1. The molecule has 0 aromatic heterocycles. The number of rotatable bonds is 4. The Bertz CT molecular complexity index is 654. The number of nitrogens with one attached hydrogen (secondary N) is 1. The molecule has 0 saturated carbocycles.